The van der Waals surface area contributed by atoms with E-state index in [0.29, 0.717) is 37.6 Å². The number of fused-ring (bicyclic) bond motifs is 2. The van der Waals surface area contributed by atoms with Gasteiger partial charge in [-0.1, -0.05) is 46.8 Å². The summed E-state index contributed by atoms with van der Waals surface area (Å²) >= 11 is 8.17. The number of benzene rings is 3. The van der Waals surface area contributed by atoms with Gasteiger partial charge in [0.2, 0.25) is 27.7 Å². The number of carbonyl (C=O) groups excluding carboxylic acids is 3. The van der Waals surface area contributed by atoms with Crippen molar-refractivity contribution in [2.45, 2.75) is 27.6 Å². The summed E-state index contributed by atoms with van der Waals surface area (Å²) in [6.07, 6.45) is 0. The second-order valence-corrected chi connectivity index (χ2v) is 14.2. The van der Waals surface area contributed by atoms with Crippen molar-refractivity contribution in [3.05, 3.63) is 97.9 Å². The van der Waals surface area contributed by atoms with Crippen LogP contribution in [0.5, 0.6) is 5.75 Å². The average Bonchev–Trinajstić information content (AvgIpc) is 3.43. The highest BCUT2D eigenvalue weighted by Gasteiger charge is 2.56. The molecule has 3 amide bonds. The molecule has 2 aliphatic heterocycles. The molecule has 0 aliphatic carbocycles. The fourth-order valence-electron chi connectivity index (χ4n) is 5.34. The van der Waals surface area contributed by atoms with Gasteiger partial charge >= 0.3 is 4.87 Å². The van der Waals surface area contributed by atoms with Crippen molar-refractivity contribution in [2.75, 3.05) is 17.3 Å². The molecule has 6 rings (SSSR count). The molecule has 2 aliphatic rings. The van der Waals surface area contributed by atoms with Gasteiger partial charge in [0.25, 0.3) is 0 Å². The van der Waals surface area contributed by atoms with Gasteiger partial charge in [0.1, 0.15) is 17.5 Å². The topological polar surface area (TPSA) is 158 Å². The number of nitrogens with two attached hydrogens (primary N) is 1. The Bertz CT molecular complexity index is 1960. The number of aromatic nitrogens is 1. The zero-order valence-corrected chi connectivity index (χ0v) is 26.0. The van der Waals surface area contributed by atoms with Crippen LogP contribution in [0.15, 0.2) is 87.5 Å². The summed E-state index contributed by atoms with van der Waals surface area (Å²) in [5, 5.41) is 7.85. The first kappa shape index (κ1) is 30.1. The van der Waals surface area contributed by atoms with Crippen molar-refractivity contribution in [1.29, 1.82) is 0 Å². The highest BCUT2D eigenvalue weighted by molar-refractivity contribution is 8.00. The second-order valence-electron chi connectivity index (χ2n) is 10.0. The van der Waals surface area contributed by atoms with Crippen LogP contribution in [-0.2, 0) is 31.0 Å². The van der Waals surface area contributed by atoms with E-state index in [1.54, 1.807) is 48.5 Å². The molecule has 226 valence electrons. The largest absolute Gasteiger partial charge is 0.497 e. The van der Waals surface area contributed by atoms with Crippen LogP contribution in [0.4, 0.5) is 11.4 Å². The van der Waals surface area contributed by atoms with Gasteiger partial charge in [0.15, 0.2) is 0 Å². The van der Waals surface area contributed by atoms with Crippen LogP contribution < -0.4 is 25.0 Å². The highest BCUT2D eigenvalue weighted by Crippen LogP contribution is 2.54. The maximum Gasteiger partial charge on any atom is 0.308 e. The summed E-state index contributed by atoms with van der Waals surface area (Å²) in [6, 6.07) is 18.8. The molecule has 3 N–H and O–H groups in total. The van der Waals surface area contributed by atoms with Gasteiger partial charge < -0.3 is 10.1 Å². The predicted molar refractivity (Wildman–Crippen MR) is 167 cm³/mol. The van der Waals surface area contributed by atoms with Crippen LogP contribution in [0.1, 0.15) is 16.4 Å². The molecule has 44 heavy (non-hydrogen) atoms. The van der Waals surface area contributed by atoms with Gasteiger partial charge in [0, 0.05) is 21.5 Å². The van der Waals surface area contributed by atoms with Gasteiger partial charge in [-0.2, -0.15) is 0 Å². The molecule has 4 aromatic rings. The molecule has 0 radical (unpaired) electrons. The Labute approximate surface area is 264 Å². The van der Waals surface area contributed by atoms with E-state index in [1.807, 2.05) is 0 Å². The standard InChI is InChI=1S/C29H23ClN4O7S3/c1-41-19-10-8-18(9-11-19)34-26(36)23-22(15-2-4-16(30)5-3-15)25-28(42-24(23)27(34)37)33(29(38)43-25)14-21(35)32-17-6-12-20(13-7-17)44(31,39)40/h2-13,22-24H,14H2,1H3,(H,32,35)(H2,31,39,40). The predicted octanol–water partition coefficient (Wildman–Crippen LogP) is 3.65. The van der Waals surface area contributed by atoms with Gasteiger partial charge in [0.05, 0.1) is 28.6 Å². The van der Waals surface area contributed by atoms with Crippen molar-refractivity contribution >= 4 is 73.8 Å². The quantitative estimate of drug-likeness (QED) is 0.282. The van der Waals surface area contributed by atoms with Gasteiger partial charge in [-0.3, -0.25) is 23.7 Å². The van der Waals surface area contributed by atoms with Crippen molar-refractivity contribution < 1.29 is 27.5 Å². The molecule has 3 heterocycles. The Balaban J connectivity index is 1.36. The molecule has 0 bridgehead atoms. The van der Waals surface area contributed by atoms with Crippen LogP contribution in [0.3, 0.4) is 0 Å². The number of thiazole rings is 1. The van der Waals surface area contributed by atoms with E-state index in [1.165, 1.54) is 40.8 Å². The van der Waals surface area contributed by atoms with E-state index in [9.17, 15) is 27.6 Å². The Hall–Kier alpha value is -3.95. The lowest BCUT2D eigenvalue weighted by molar-refractivity contribution is -0.122. The summed E-state index contributed by atoms with van der Waals surface area (Å²) in [6.45, 7) is -0.371. The van der Waals surface area contributed by atoms with Gasteiger partial charge in [-0.15, -0.1) is 0 Å². The van der Waals surface area contributed by atoms with Crippen molar-refractivity contribution in [2.24, 2.45) is 11.1 Å². The molecule has 3 unspecified atom stereocenters. The number of carbonyl (C=O) groups is 3. The van der Waals surface area contributed by atoms with E-state index in [4.69, 9.17) is 21.5 Å². The number of nitrogens with one attached hydrogen (secondary N) is 1. The molecule has 3 atom stereocenters. The molecule has 1 saturated heterocycles. The summed E-state index contributed by atoms with van der Waals surface area (Å²) in [5.41, 5.74) is 1.41. The van der Waals surface area contributed by atoms with Gasteiger partial charge in [-0.05, 0) is 66.2 Å². The number of amides is 3. The van der Waals surface area contributed by atoms with E-state index >= 15 is 0 Å². The van der Waals surface area contributed by atoms with Crippen LogP contribution >= 0.6 is 34.7 Å². The molecule has 3 aromatic carbocycles. The zero-order valence-electron chi connectivity index (χ0n) is 22.8. The maximum atomic E-state index is 14.0. The lowest BCUT2D eigenvalue weighted by Crippen LogP contribution is -2.33. The minimum absolute atomic E-state index is 0.114. The van der Waals surface area contributed by atoms with Crippen LogP contribution in [0.2, 0.25) is 5.02 Å². The van der Waals surface area contributed by atoms with Crippen LogP contribution in [-0.4, -0.2) is 43.1 Å². The number of primary sulfonamides is 1. The zero-order chi connectivity index (χ0) is 31.3. The van der Waals surface area contributed by atoms with Crippen molar-refractivity contribution in [3.63, 3.8) is 0 Å². The molecule has 0 spiro atoms. The third kappa shape index (κ3) is 5.43. The molecule has 15 heteroatoms. The third-order valence-corrected chi connectivity index (χ3v) is 11.2. The van der Waals surface area contributed by atoms with Crippen molar-refractivity contribution in [1.82, 2.24) is 4.57 Å². The van der Waals surface area contributed by atoms with Gasteiger partial charge in [-0.25, -0.2) is 18.5 Å². The number of imide groups is 1. The summed E-state index contributed by atoms with van der Waals surface area (Å²) < 4.78 is 29.6. The Morgan fingerprint density at radius 3 is 2.25 bits per heavy atom. The maximum absolute atomic E-state index is 14.0. The van der Waals surface area contributed by atoms with E-state index in [2.05, 4.69) is 5.32 Å². The number of rotatable bonds is 7. The molecule has 0 saturated carbocycles. The number of halogens is 1. The SMILES string of the molecule is COc1ccc(N2C(=O)C3Sc4c(sc(=O)n4CC(=O)Nc4ccc(S(N)(=O)=O)cc4)C(c4ccc(Cl)cc4)C3C2=O)cc1. The molecular formula is C29H23ClN4O7S3. The van der Waals surface area contributed by atoms with Crippen molar-refractivity contribution in [3.8, 4) is 5.75 Å². The first-order valence-electron chi connectivity index (χ1n) is 13.1. The number of sulfonamides is 1. The Morgan fingerprint density at radius 1 is 0.977 bits per heavy atom. The summed E-state index contributed by atoms with van der Waals surface area (Å²) in [4.78, 5) is 55.4. The van der Waals surface area contributed by atoms with E-state index in [-0.39, 0.29) is 11.4 Å². The third-order valence-electron chi connectivity index (χ3n) is 7.38. The summed E-state index contributed by atoms with van der Waals surface area (Å²) in [7, 11) is -2.38. The molecule has 11 nitrogen and oxygen atoms in total. The highest BCUT2D eigenvalue weighted by atomic mass is 35.5. The van der Waals surface area contributed by atoms with E-state index < -0.39 is 49.7 Å². The number of hydrogen-bond donors (Lipinski definition) is 2. The number of thioether (sulfide) groups is 1. The summed E-state index contributed by atoms with van der Waals surface area (Å²) in [5.74, 6) is -2.23. The van der Waals surface area contributed by atoms with E-state index in [0.717, 1.165) is 23.1 Å². The number of nitrogens with zero attached hydrogens (tertiary/aromatic N) is 2. The van der Waals surface area contributed by atoms with Crippen LogP contribution in [0, 0.1) is 5.92 Å². The lowest BCUT2D eigenvalue weighted by Gasteiger charge is -2.30. The number of hydrogen-bond acceptors (Lipinski definition) is 9. The molecular weight excluding hydrogens is 648 g/mol. The fraction of sp³-hybridized carbons (Fsp3) is 0.172. The minimum Gasteiger partial charge on any atom is -0.497 e. The monoisotopic (exact) mass is 670 g/mol. The lowest BCUT2D eigenvalue weighted by atomic mass is 9.83. The molecule has 1 aromatic heterocycles. The first-order valence-corrected chi connectivity index (χ1v) is 16.7. The smallest absolute Gasteiger partial charge is 0.308 e. The second kappa shape index (κ2) is 11.5. The van der Waals surface area contributed by atoms with Crippen LogP contribution in [0.25, 0.3) is 0 Å². The Kier molecular flexibility index (Phi) is 7.88. The average molecular weight is 671 g/mol. The normalized spacial score (nSPS) is 19.4. The first-order chi connectivity index (χ1) is 21.0. The number of anilines is 2. The minimum atomic E-state index is -3.90. The fourth-order valence-corrected chi connectivity index (χ4v) is 8.76. The number of ether oxygens (including phenoxy) is 1. The molecule has 1 fully saturated rings. The number of methoxy groups -OCH3 is 1. The Morgan fingerprint density at radius 2 is 1.64 bits per heavy atom.